The maximum atomic E-state index is 5.68. The molecule has 1 aliphatic heterocycles. The third-order valence-electron chi connectivity index (χ3n) is 2.62. The fraction of sp³-hybridized carbons (Fsp3) is 1.00. The Hall–Kier alpha value is 0.400. The van der Waals surface area contributed by atoms with Gasteiger partial charge in [-0.1, -0.05) is 35.2 Å². The van der Waals surface area contributed by atoms with E-state index in [1.54, 1.807) is 0 Å². The van der Waals surface area contributed by atoms with Gasteiger partial charge in [0.25, 0.3) is 0 Å². The van der Waals surface area contributed by atoms with Gasteiger partial charge in [-0.15, -0.1) is 0 Å². The first-order valence-electron chi connectivity index (χ1n) is 5.87. The summed E-state index contributed by atoms with van der Waals surface area (Å²) >= 11 is 3.44. The van der Waals surface area contributed by atoms with E-state index in [2.05, 4.69) is 21.0 Å². The highest BCUT2D eigenvalue weighted by Gasteiger charge is 2.09. The number of alkyl halides is 1. The van der Waals surface area contributed by atoms with Crippen LogP contribution in [0, 0.1) is 0 Å². The Labute approximate surface area is 96.1 Å². The van der Waals surface area contributed by atoms with Crippen LogP contribution in [0.5, 0.6) is 0 Å². The van der Waals surface area contributed by atoms with Crippen LogP contribution in [0.1, 0.15) is 44.9 Å². The zero-order valence-corrected chi connectivity index (χ0v) is 10.6. The van der Waals surface area contributed by atoms with Crippen molar-refractivity contribution in [2.75, 3.05) is 25.0 Å². The van der Waals surface area contributed by atoms with E-state index >= 15 is 0 Å². The van der Waals surface area contributed by atoms with E-state index in [-0.39, 0.29) is 0 Å². The van der Waals surface area contributed by atoms with Gasteiger partial charge in [0.1, 0.15) is 0 Å². The largest absolute Gasteiger partial charge is 0.299 e. The highest BCUT2D eigenvalue weighted by Crippen LogP contribution is 2.09. The van der Waals surface area contributed by atoms with E-state index in [9.17, 15) is 0 Å². The summed E-state index contributed by atoms with van der Waals surface area (Å²) in [4.78, 5) is 5.68. The summed E-state index contributed by atoms with van der Waals surface area (Å²) < 4.78 is 0. The third-order valence-corrected chi connectivity index (χ3v) is 3.18. The quantitative estimate of drug-likeness (QED) is 0.516. The van der Waals surface area contributed by atoms with Crippen molar-refractivity contribution in [3.8, 4) is 0 Å². The molecule has 0 aromatic rings. The van der Waals surface area contributed by atoms with Gasteiger partial charge in [0.05, 0.1) is 6.61 Å². The molecule has 0 atom stereocenters. The lowest BCUT2D eigenvalue weighted by molar-refractivity contribution is -0.169. The molecule has 0 bridgehead atoms. The number of rotatable bonds is 7. The second kappa shape index (κ2) is 8.69. The van der Waals surface area contributed by atoms with Crippen LogP contribution in [-0.4, -0.2) is 30.1 Å². The monoisotopic (exact) mass is 263 g/mol. The third kappa shape index (κ3) is 5.99. The molecule has 84 valence electrons. The van der Waals surface area contributed by atoms with Crippen LogP contribution in [-0.2, 0) is 4.84 Å². The summed E-state index contributed by atoms with van der Waals surface area (Å²) in [5, 5.41) is 3.29. The molecule has 0 amide bonds. The second-order valence-electron chi connectivity index (χ2n) is 3.93. The lowest BCUT2D eigenvalue weighted by Gasteiger charge is -2.25. The smallest absolute Gasteiger partial charge is 0.0685 e. The molecule has 3 heteroatoms. The molecule has 0 spiro atoms. The molecule has 0 N–H and O–H groups in total. The standard InChI is InChI=1S/C11H22BrNO/c12-8-4-1-2-7-11-14-13-9-5-3-6-10-13/h1-11H2. The van der Waals surface area contributed by atoms with Crippen molar-refractivity contribution in [1.29, 1.82) is 0 Å². The summed E-state index contributed by atoms with van der Waals surface area (Å²) in [7, 11) is 0. The number of hydrogen-bond donors (Lipinski definition) is 0. The van der Waals surface area contributed by atoms with Crippen LogP contribution in [0.25, 0.3) is 0 Å². The predicted molar refractivity (Wildman–Crippen MR) is 63.6 cm³/mol. The molecule has 0 radical (unpaired) electrons. The van der Waals surface area contributed by atoms with Crippen molar-refractivity contribution >= 4 is 15.9 Å². The van der Waals surface area contributed by atoms with E-state index in [1.165, 1.54) is 44.9 Å². The summed E-state index contributed by atoms with van der Waals surface area (Å²) in [5.41, 5.74) is 0. The molecule has 1 aliphatic rings. The van der Waals surface area contributed by atoms with Gasteiger partial charge in [-0.25, -0.2) is 0 Å². The fourth-order valence-electron chi connectivity index (χ4n) is 1.74. The van der Waals surface area contributed by atoms with E-state index in [0.29, 0.717) is 0 Å². The zero-order valence-electron chi connectivity index (χ0n) is 9.01. The minimum atomic E-state index is 0.919. The van der Waals surface area contributed by atoms with Crippen molar-refractivity contribution in [1.82, 2.24) is 5.06 Å². The number of piperidine rings is 1. The number of hydroxylamine groups is 2. The Morgan fingerprint density at radius 2 is 1.64 bits per heavy atom. The molecule has 2 nitrogen and oxygen atoms in total. The van der Waals surface area contributed by atoms with Crippen molar-refractivity contribution < 1.29 is 4.84 Å². The van der Waals surface area contributed by atoms with Crippen molar-refractivity contribution in [3.05, 3.63) is 0 Å². The van der Waals surface area contributed by atoms with Crippen molar-refractivity contribution in [3.63, 3.8) is 0 Å². The van der Waals surface area contributed by atoms with Crippen LogP contribution >= 0.6 is 15.9 Å². The van der Waals surface area contributed by atoms with E-state index in [0.717, 1.165) is 25.0 Å². The van der Waals surface area contributed by atoms with E-state index in [4.69, 9.17) is 4.84 Å². The van der Waals surface area contributed by atoms with Gasteiger partial charge >= 0.3 is 0 Å². The Kier molecular flexibility index (Phi) is 7.74. The first-order chi connectivity index (χ1) is 6.93. The molecule has 0 unspecified atom stereocenters. The molecule has 1 saturated heterocycles. The maximum Gasteiger partial charge on any atom is 0.0685 e. The Bertz CT molecular complexity index is 126. The minimum absolute atomic E-state index is 0.919. The number of nitrogens with zero attached hydrogens (tertiary/aromatic N) is 1. The van der Waals surface area contributed by atoms with Crippen molar-refractivity contribution in [2.24, 2.45) is 0 Å². The lowest BCUT2D eigenvalue weighted by Crippen LogP contribution is -2.30. The fourth-order valence-corrected chi connectivity index (χ4v) is 2.13. The SMILES string of the molecule is BrCCCCCCON1CCCCC1. The first kappa shape index (κ1) is 12.5. The average molecular weight is 264 g/mol. The zero-order chi connectivity index (χ0) is 10.1. The molecule has 0 saturated carbocycles. The molecular weight excluding hydrogens is 242 g/mol. The van der Waals surface area contributed by atoms with Crippen LogP contribution in [0.4, 0.5) is 0 Å². The molecule has 1 fully saturated rings. The van der Waals surface area contributed by atoms with Crippen LogP contribution in [0.15, 0.2) is 0 Å². The topological polar surface area (TPSA) is 12.5 Å². The van der Waals surface area contributed by atoms with Gasteiger partial charge in [0.2, 0.25) is 0 Å². The van der Waals surface area contributed by atoms with Gasteiger partial charge in [0, 0.05) is 18.4 Å². The van der Waals surface area contributed by atoms with Crippen molar-refractivity contribution in [2.45, 2.75) is 44.9 Å². The number of unbranched alkanes of at least 4 members (excludes halogenated alkanes) is 3. The Balaban J connectivity index is 1.82. The molecule has 0 aromatic carbocycles. The summed E-state index contributed by atoms with van der Waals surface area (Å²) in [6.07, 6.45) is 9.14. The molecule has 0 aliphatic carbocycles. The van der Waals surface area contributed by atoms with E-state index in [1.807, 2.05) is 0 Å². The van der Waals surface area contributed by atoms with Gasteiger partial charge in [0.15, 0.2) is 0 Å². The van der Waals surface area contributed by atoms with Crippen LogP contribution in [0.2, 0.25) is 0 Å². The summed E-state index contributed by atoms with van der Waals surface area (Å²) in [6.45, 7) is 3.20. The molecular formula is C11H22BrNO. The molecule has 1 heterocycles. The average Bonchev–Trinajstić information content (AvgIpc) is 2.25. The van der Waals surface area contributed by atoms with Gasteiger partial charge in [-0.05, 0) is 25.7 Å². The van der Waals surface area contributed by atoms with E-state index < -0.39 is 0 Å². The Morgan fingerprint density at radius 3 is 2.36 bits per heavy atom. The highest BCUT2D eigenvalue weighted by atomic mass is 79.9. The lowest BCUT2D eigenvalue weighted by atomic mass is 10.2. The summed E-state index contributed by atoms with van der Waals surface area (Å²) in [5.74, 6) is 0. The highest BCUT2D eigenvalue weighted by molar-refractivity contribution is 9.09. The number of hydrogen-bond acceptors (Lipinski definition) is 2. The molecule has 0 aromatic heterocycles. The normalized spacial score (nSPS) is 18.6. The van der Waals surface area contributed by atoms with Crippen LogP contribution in [0.3, 0.4) is 0 Å². The maximum absolute atomic E-state index is 5.68. The second-order valence-corrected chi connectivity index (χ2v) is 4.72. The summed E-state index contributed by atoms with van der Waals surface area (Å²) in [6, 6.07) is 0. The minimum Gasteiger partial charge on any atom is -0.299 e. The number of halogens is 1. The van der Waals surface area contributed by atoms with Gasteiger partial charge in [-0.3, -0.25) is 4.84 Å². The van der Waals surface area contributed by atoms with Gasteiger partial charge < -0.3 is 0 Å². The molecule has 14 heavy (non-hydrogen) atoms. The van der Waals surface area contributed by atoms with Crippen LogP contribution < -0.4 is 0 Å². The Morgan fingerprint density at radius 1 is 0.929 bits per heavy atom. The molecule has 1 rings (SSSR count). The first-order valence-corrected chi connectivity index (χ1v) is 6.99. The van der Waals surface area contributed by atoms with Gasteiger partial charge in [-0.2, -0.15) is 5.06 Å². The predicted octanol–water partition coefficient (Wildman–Crippen LogP) is 3.36.